The number of esters is 1. The second-order valence-corrected chi connectivity index (χ2v) is 11.4. The van der Waals surface area contributed by atoms with Crippen molar-refractivity contribution in [2.75, 3.05) is 6.61 Å². The molecule has 4 rings (SSSR count). The standard InChI is InChI=1S/C35H41N3O5/c1-25(2)35(38-31(39)27-17-9-4-10-18-27,24-43-33(41)28-19-11-5-12-20-28)34(42)37-30(23-26-15-7-3-8-16-26)32(40)36-29-21-13-6-14-22-29/h3-5,7-12,15-20,25,29-30H,6,13-14,21-24H2,1-2H3,(H,36,40)(H,37,42)(H,38,39)/t30-,35-/m0/s1. The number of ether oxygens (including phenoxy) is 1. The molecule has 3 aromatic carbocycles. The lowest BCUT2D eigenvalue weighted by Gasteiger charge is -2.37. The van der Waals surface area contributed by atoms with Gasteiger partial charge in [0.15, 0.2) is 5.54 Å². The van der Waals surface area contributed by atoms with Gasteiger partial charge in [0.2, 0.25) is 11.8 Å². The van der Waals surface area contributed by atoms with Crippen LogP contribution in [0.25, 0.3) is 0 Å². The minimum Gasteiger partial charge on any atom is -0.459 e. The van der Waals surface area contributed by atoms with Gasteiger partial charge in [-0.1, -0.05) is 99.8 Å². The van der Waals surface area contributed by atoms with Gasteiger partial charge in [-0.15, -0.1) is 0 Å². The fourth-order valence-electron chi connectivity index (χ4n) is 5.33. The molecule has 3 amide bonds. The van der Waals surface area contributed by atoms with Gasteiger partial charge in [0, 0.05) is 18.0 Å². The van der Waals surface area contributed by atoms with E-state index in [1.165, 1.54) is 0 Å². The quantitative estimate of drug-likeness (QED) is 0.264. The van der Waals surface area contributed by atoms with Gasteiger partial charge in [0.05, 0.1) is 5.56 Å². The first-order valence-corrected chi connectivity index (χ1v) is 15.0. The van der Waals surface area contributed by atoms with Crippen molar-refractivity contribution in [1.29, 1.82) is 0 Å². The molecule has 1 fully saturated rings. The van der Waals surface area contributed by atoms with Crippen LogP contribution in [0, 0.1) is 5.92 Å². The van der Waals surface area contributed by atoms with Crippen LogP contribution in [0.4, 0.5) is 0 Å². The monoisotopic (exact) mass is 583 g/mol. The Bertz CT molecular complexity index is 1360. The Hall–Kier alpha value is -4.46. The number of nitrogens with one attached hydrogen (secondary N) is 3. The molecule has 0 aromatic heterocycles. The molecule has 0 radical (unpaired) electrons. The molecule has 8 heteroatoms. The molecule has 2 atom stereocenters. The largest absolute Gasteiger partial charge is 0.459 e. The molecule has 1 aliphatic carbocycles. The van der Waals surface area contributed by atoms with E-state index in [0.29, 0.717) is 11.1 Å². The number of hydrogen-bond donors (Lipinski definition) is 3. The number of rotatable bonds is 12. The maximum Gasteiger partial charge on any atom is 0.338 e. The van der Waals surface area contributed by atoms with Crippen LogP contribution in [0.1, 0.15) is 72.2 Å². The molecule has 0 saturated heterocycles. The van der Waals surface area contributed by atoms with E-state index in [-0.39, 0.29) is 18.4 Å². The Labute approximate surface area is 253 Å². The van der Waals surface area contributed by atoms with E-state index in [1.54, 1.807) is 74.5 Å². The number of carbonyl (C=O) groups is 4. The minimum atomic E-state index is -1.67. The van der Waals surface area contributed by atoms with Crippen LogP contribution in [0.2, 0.25) is 0 Å². The van der Waals surface area contributed by atoms with Crippen molar-refractivity contribution in [3.05, 3.63) is 108 Å². The van der Waals surface area contributed by atoms with E-state index in [0.717, 1.165) is 37.7 Å². The van der Waals surface area contributed by atoms with Crippen LogP contribution in [-0.4, -0.2) is 47.9 Å². The molecule has 0 heterocycles. The lowest BCUT2D eigenvalue weighted by Crippen LogP contribution is -2.67. The fourth-order valence-corrected chi connectivity index (χ4v) is 5.33. The van der Waals surface area contributed by atoms with Gasteiger partial charge >= 0.3 is 5.97 Å². The number of carbonyl (C=O) groups excluding carboxylic acids is 4. The Morgan fingerprint density at radius 2 is 1.35 bits per heavy atom. The van der Waals surface area contributed by atoms with Crippen LogP contribution in [0.5, 0.6) is 0 Å². The second kappa shape index (κ2) is 15.1. The Morgan fingerprint density at radius 3 is 1.93 bits per heavy atom. The third-order valence-electron chi connectivity index (χ3n) is 8.06. The number of hydrogen-bond acceptors (Lipinski definition) is 5. The molecule has 43 heavy (non-hydrogen) atoms. The molecule has 8 nitrogen and oxygen atoms in total. The van der Waals surface area contributed by atoms with Gasteiger partial charge in [0.1, 0.15) is 12.6 Å². The summed E-state index contributed by atoms with van der Waals surface area (Å²) in [5.74, 6) is -2.51. The topological polar surface area (TPSA) is 114 Å². The average Bonchev–Trinajstić information content (AvgIpc) is 3.04. The first kappa shape index (κ1) is 31.5. The first-order chi connectivity index (χ1) is 20.8. The van der Waals surface area contributed by atoms with E-state index in [9.17, 15) is 19.2 Å². The van der Waals surface area contributed by atoms with Crippen LogP contribution in [-0.2, 0) is 20.7 Å². The Morgan fingerprint density at radius 1 is 0.791 bits per heavy atom. The summed E-state index contributed by atoms with van der Waals surface area (Å²) in [5.41, 5.74) is -0.114. The molecule has 0 unspecified atom stereocenters. The summed E-state index contributed by atoms with van der Waals surface area (Å²) in [6.45, 7) is 3.12. The summed E-state index contributed by atoms with van der Waals surface area (Å²) in [6, 6.07) is 25.6. The Kier molecular flexibility index (Phi) is 11.1. The summed E-state index contributed by atoms with van der Waals surface area (Å²) in [4.78, 5) is 54.4. The predicted octanol–water partition coefficient (Wildman–Crippen LogP) is 4.84. The molecule has 226 valence electrons. The van der Waals surface area contributed by atoms with Crippen LogP contribution in [0.3, 0.4) is 0 Å². The van der Waals surface area contributed by atoms with Gasteiger partial charge < -0.3 is 20.7 Å². The van der Waals surface area contributed by atoms with E-state index in [2.05, 4.69) is 16.0 Å². The number of benzene rings is 3. The SMILES string of the molecule is CC(C)[C@](COC(=O)c1ccccc1)(NC(=O)c1ccccc1)C(=O)N[C@@H](Cc1ccccc1)C(=O)NC1CCCCC1. The number of amides is 3. The zero-order valence-corrected chi connectivity index (χ0v) is 24.9. The van der Waals surface area contributed by atoms with Crippen LogP contribution in [0.15, 0.2) is 91.0 Å². The Balaban J connectivity index is 1.63. The summed E-state index contributed by atoms with van der Waals surface area (Å²) in [5, 5.41) is 8.96. The fraction of sp³-hybridized carbons (Fsp3) is 0.371. The normalized spacial score (nSPS) is 15.5. The van der Waals surface area contributed by atoms with Gasteiger partial charge in [-0.05, 0) is 48.6 Å². The molecular weight excluding hydrogens is 542 g/mol. The van der Waals surface area contributed by atoms with Gasteiger partial charge in [0.25, 0.3) is 5.91 Å². The van der Waals surface area contributed by atoms with Crippen molar-refractivity contribution in [3.8, 4) is 0 Å². The zero-order chi connectivity index (χ0) is 30.7. The van der Waals surface area contributed by atoms with Crippen molar-refractivity contribution >= 4 is 23.7 Å². The minimum absolute atomic E-state index is 0.0518. The predicted molar refractivity (Wildman–Crippen MR) is 165 cm³/mol. The van der Waals surface area contributed by atoms with E-state index < -0.39 is 41.9 Å². The first-order valence-electron chi connectivity index (χ1n) is 15.0. The molecule has 1 aliphatic rings. The van der Waals surface area contributed by atoms with Crippen molar-refractivity contribution in [1.82, 2.24) is 16.0 Å². The highest BCUT2D eigenvalue weighted by atomic mass is 16.5. The second-order valence-electron chi connectivity index (χ2n) is 11.4. The third kappa shape index (κ3) is 8.53. The molecule has 3 N–H and O–H groups in total. The van der Waals surface area contributed by atoms with Crippen molar-refractivity contribution < 1.29 is 23.9 Å². The smallest absolute Gasteiger partial charge is 0.338 e. The van der Waals surface area contributed by atoms with Gasteiger partial charge in [-0.3, -0.25) is 14.4 Å². The van der Waals surface area contributed by atoms with E-state index in [1.807, 2.05) is 30.3 Å². The maximum atomic E-state index is 14.3. The highest BCUT2D eigenvalue weighted by Gasteiger charge is 2.46. The van der Waals surface area contributed by atoms with Crippen molar-refractivity contribution in [2.24, 2.45) is 5.92 Å². The summed E-state index contributed by atoms with van der Waals surface area (Å²) in [7, 11) is 0. The molecule has 0 bridgehead atoms. The summed E-state index contributed by atoms with van der Waals surface area (Å²) < 4.78 is 5.68. The molecular formula is C35H41N3O5. The average molecular weight is 584 g/mol. The van der Waals surface area contributed by atoms with Crippen LogP contribution < -0.4 is 16.0 Å². The van der Waals surface area contributed by atoms with Gasteiger partial charge in [-0.25, -0.2) is 4.79 Å². The summed E-state index contributed by atoms with van der Waals surface area (Å²) >= 11 is 0. The molecule has 1 saturated carbocycles. The van der Waals surface area contributed by atoms with Gasteiger partial charge in [-0.2, -0.15) is 0 Å². The maximum absolute atomic E-state index is 14.3. The molecule has 3 aromatic rings. The van der Waals surface area contributed by atoms with Crippen molar-refractivity contribution in [3.63, 3.8) is 0 Å². The van der Waals surface area contributed by atoms with E-state index >= 15 is 0 Å². The lowest BCUT2D eigenvalue weighted by atomic mass is 9.84. The third-order valence-corrected chi connectivity index (χ3v) is 8.06. The van der Waals surface area contributed by atoms with Crippen LogP contribution >= 0.6 is 0 Å². The summed E-state index contributed by atoms with van der Waals surface area (Å²) in [6.07, 6.45) is 5.31. The highest BCUT2D eigenvalue weighted by molar-refractivity contribution is 6.01. The zero-order valence-electron chi connectivity index (χ0n) is 24.9. The van der Waals surface area contributed by atoms with Crippen molar-refractivity contribution in [2.45, 2.75) is 70.0 Å². The molecule has 0 spiro atoms. The highest BCUT2D eigenvalue weighted by Crippen LogP contribution is 2.22. The lowest BCUT2D eigenvalue weighted by molar-refractivity contribution is -0.135. The molecule has 0 aliphatic heterocycles. The van der Waals surface area contributed by atoms with E-state index in [4.69, 9.17) is 4.74 Å².